The van der Waals surface area contributed by atoms with Crippen LogP contribution in [0.4, 0.5) is 5.69 Å². The third-order valence-corrected chi connectivity index (χ3v) is 6.47. The lowest BCUT2D eigenvalue weighted by Crippen LogP contribution is -2.65. The van der Waals surface area contributed by atoms with Gasteiger partial charge in [-0.05, 0) is 44.7 Å². The number of unbranched alkanes of at least 4 members (excludes halogenated alkanes) is 1. The Morgan fingerprint density at radius 2 is 1.94 bits per heavy atom. The fraction of sp³-hybridized carbons (Fsp3) is 0.538. The molecule has 34 heavy (non-hydrogen) atoms. The molecule has 2 heterocycles. The Balaban J connectivity index is 2.08. The minimum atomic E-state index is -1.23. The van der Waals surface area contributed by atoms with Gasteiger partial charge in [0.1, 0.15) is 11.2 Å². The van der Waals surface area contributed by atoms with E-state index in [-0.39, 0.29) is 42.4 Å². The predicted octanol–water partition coefficient (Wildman–Crippen LogP) is 4.13. The second-order valence-corrected chi connectivity index (χ2v) is 8.91. The number of nitrogens with zero attached hydrogens (tertiary/aromatic N) is 3. The number of carbonyl (C=O) groups excluding carboxylic acids is 3. The average Bonchev–Trinajstić information content (AvgIpc) is 3.26. The number of hydrogen-bond donors (Lipinski definition) is 1. The van der Waals surface area contributed by atoms with Gasteiger partial charge in [-0.3, -0.25) is 19.2 Å². The minimum absolute atomic E-state index is 0.0248. The van der Waals surface area contributed by atoms with Gasteiger partial charge in [0.15, 0.2) is 5.69 Å². The second-order valence-electron chi connectivity index (χ2n) is 8.91. The Labute approximate surface area is 201 Å². The zero-order valence-electron chi connectivity index (χ0n) is 20.9. The number of nitrogens with one attached hydrogen (secondary N) is 1. The van der Waals surface area contributed by atoms with Crippen molar-refractivity contribution in [2.45, 2.75) is 84.8 Å². The Hall–Kier alpha value is -3.16. The maximum absolute atomic E-state index is 13.9. The molecule has 1 aromatic carbocycles. The van der Waals surface area contributed by atoms with E-state index >= 15 is 0 Å². The van der Waals surface area contributed by atoms with Gasteiger partial charge < -0.3 is 10.1 Å². The van der Waals surface area contributed by atoms with Gasteiger partial charge in [0.05, 0.1) is 13.2 Å². The maximum atomic E-state index is 13.9. The van der Waals surface area contributed by atoms with E-state index < -0.39 is 11.5 Å². The van der Waals surface area contributed by atoms with E-state index in [0.717, 1.165) is 31.2 Å². The Bertz CT molecular complexity index is 1050. The van der Waals surface area contributed by atoms with Gasteiger partial charge in [0.2, 0.25) is 5.91 Å². The highest BCUT2D eigenvalue weighted by molar-refractivity contribution is 6.12. The Morgan fingerprint density at radius 3 is 2.59 bits per heavy atom. The summed E-state index contributed by atoms with van der Waals surface area (Å²) in [6.45, 7) is 10.0. The number of fused-ring (bicyclic) bond motifs is 1. The summed E-state index contributed by atoms with van der Waals surface area (Å²) >= 11 is 0. The molecular weight excluding hydrogens is 432 g/mol. The molecule has 1 N–H and O–H groups in total. The van der Waals surface area contributed by atoms with Gasteiger partial charge in [-0.1, -0.05) is 51.8 Å². The molecule has 2 amide bonds. The molecule has 2 atom stereocenters. The summed E-state index contributed by atoms with van der Waals surface area (Å²) in [7, 11) is 0. The Morgan fingerprint density at radius 1 is 1.21 bits per heavy atom. The number of para-hydroxylation sites is 1. The van der Waals surface area contributed by atoms with Crippen LogP contribution in [0, 0.1) is 0 Å². The molecule has 0 aliphatic carbocycles. The molecule has 184 valence electrons. The third kappa shape index (κ3) is 4.86. The van der Waals surface area contributed by atoms with Crippen LogP contribution < -0.4 is 10.2 Å². The number of aryl methyl sites for hydroxylation is 1. The van der Waals surface area contributed by atoms with Gasteiger partial charge in [0.25, 0.3) is 5.91 Å². The topological polar surface area (TPSA) is 93.5 Å². The summed E-state index contributed by atoms with van der Waals surface area (Å²) in [5.41, 5.74) is 0.753. The summed E-state index contributed by atoms with van der Waals surface area (Å²) in [6, 6.07) is 9.11. The van der Waals surface area contributed by atoms with Crippen LogP contribution in [-0.2, 0) is 22.5 Å². The molecule has 1 aromatic heterocycles. The molecule has 3 rings (SSSR count). The molecule has 0 bridgehead atoms. The van der Waals surface area contributed by atoms with E-state index in [1.807, 2.05) is 31.2 Å². The molecule has 0 spiro atoms. The molecule has 8 nitrogen and oxygen atoms in total. The third-order valence-electron chi connectivity index (χ3n) is 6.47. The van der Waals surface area contributed by atoms with Gasteiger partial charge in [-0.2, -0.15) is 5.10 Å². The minimum Gasteiger partial charge on any atom is -0.461 e. The van der Waals surface area contributed by atoms with E-state index in [1.165, 1.54) is 10.7 Å². The van der Waals surface area contributed by atoms with E-state index in [1.54, 1.807) is 18.7 Å². The number of anilines is 1. The largest absolute Gasteiger partial charge is 0.461 e. The fourth-order valence-electron chi connectivity index (χ4n) is 4.46. The molecular formula is C26H36N4O4. The summed E-state index contributed by atoms with van der Waals surface area (Å²) in [5.74, 6) is -1.18. The predicted molar refractivity (Wildman–Crippen MR) is 131 cm³/mol. The van der Waals surface area contributed by atoms with Gasteiger partial charge in [0, 0.05) is 17.8 Å². The number of ether oxygens (including phenoxy) is 1. The average molecular weight is 469 g/mol. The van der Waals surface area contributed by atoms with Crippen molar-refractivity contribution >= 4 is 23.5 Å². The molecule has 1 aliphatic rings. The van der Waals surface area contributed by atoms with Crippen LogP contribution in [0.5, 0.6) is 0 Å². The van der Waals surface area contributed by atoms with Crippen LogP contribution in [0.2, 0.25) is 0 Å². The lowest BCUT2D eigenvalue weighted by Gasteiger charge is -2.44. The van der Waals surface area contributed by atoms with Crippen molar-refractivity contribution in [1.29, 1.82) is 0 Å². The normalized spacial score (nSPS) is 18.4. The van der Waals surface area contributed by atoms with Crippen molar-refractivity contribution in [1.82, 2.24) is 15.1 Å². The molecule has 2 unspecified atom stereocenters. The first-order valence-corrected chi connectivity index (χ1v) is 12.3. The first-order valence-electron chi connectivity index (χ1n) is 12.3. The molecule has 2 aromatic rings. The lowest BCUT2D eigenvalue weighted by atomic mass is 9.92. The van der Waals surface area contributed by atoms with Crippen LogP contribution in [0.3, 0.4) is 0 Å². The highest BCUT2D eigenvalue weighted by Gasteiger charge is 2.49. The lowest BCUT2D eigenvalue weighted by molar-refractivity contribution is -0.127. The maximum Gasteiger partial charge on any atom is 0.358 e. The number of amides is 2. The van der Waals surface area contributed by atoms with E-state index in [9.17, 15) is 14.4 Å². The molecule has 8 heteroatoms. The Kier molecular flexibility index (Phi) is 8.12. The summed E-state index contributed by atoms with van der Waals surface area (Å²) in [6.07, 6.45) is 4.46. The number of carbonyl (C=O) groups is 3. The fourth-order valence-corrected chi connectivity index (χ4v) is 4.46. The van der Waals surface area contributed by atoms with Crippen molar-refractivity contribution in [3.8, 4) is 0 Å². The van der Waals surface area contributed by atoms with Gasteiger partial charge in [-0.25, -0.2) is 4.79 Å². The SMILES string of the molecule is CCCCC(CC)NC(=O)C1(C)Cn2nc(C(=O)OCC)cc2C(=O)N1c1ccccc1CC. The quantitative estimate of drug-likeness (QED) is 0.529. The van der Waals surface area contributed by atoms with Crippen molar-refractivity contribution in [2.24, 2.45) is 0 Å². The second kappa shape index (κ2) is 10.8. The van der Waals surface area contributed by atoms with Crippen molar-refractivity contribution in [3.05, 3.63) is 47.3 Å². The van der Waals surface area contributed by atoms with Crippen molar-refractivity contribution in [2.75, 3.05) is 11.5 Å². The van der Waals surface area contributed by atoms with E-state index in [4.69, 9.17) is 4.74 Å². The zero-order chi connectivity index (χ0) is 24.9. The number of esters is 1. The van der Waals surface area contributed by atoms with E-state index in [2.05, 4.69) is 24.3 Å². The van der Waals surface area contributed by atoms with Crippen molar-refractivity contribution < 1.29 is 19.1 Å². The van der Waals surface area contributed by atoms with E-state index in [0.29, 0.717) is 12.1 Å². The molecule has 1 aliphatic heterocycles. The number of benzene rings is 1. The number of rotatable bonds is 10. The monoisotopic (exact) mass is 468 g/mol. The van der Waals surface area contributed by atoms with Gasteiger partial charge in [-0.15, -0.1) is 0 Å². The van der Waals surface area contributed by atoms with Crippen LogP contribution in [-0.4, -0.2) is 45.8 Å². The van der Waals surface area contributed by atoms with Gasteiger partial charge >= 0.3 is 5.97 Å². The molecule has 0 saturated carbocycles. The summed E-state index contributed by atoms with van der Waals surface area (Å²) in [5, 5.41) is 7.52. The standard InChI is InChI=1S/C26H36N4O4/c1-6-10-14-19(8-3)27-25(33)26(5)17-29-22(16-20(28-29)24(32)34-9-4)23(31)30(26)21-15-12-11-13-18(21)7-2/h11-13,15-16,19H,6-10,14,17H2,1-5H3,(H,27,33). The van der Waals surface area contributed by atoms with Crippen LogP contribution >= 0.6 is 0 Å². The number of aromatic nitrogens is 2. The first-order chi connectivity index (χ1) is 16.3. The summed E-state index contributed by atoms with van der Waals surface area (Å²) in [4.78, 5) is 41.5. The summed E-state index contributed by atoms with van der Waals surface area (Å²) < 4.78 is 6.54. The highest BCUT2D eigenvalue weighted by atomic mass is 16.5. The van der Waals surface area contributed by atoms with Crippen molar-refractivity contribution in [3.63, 3.8) is 0 Å². The number of hydrogen-bond acceptors (Lipinski definition) is 5. The molecule has 0 saturated heterocycles. The highest BCUT2D eigenvalue weighted by Crippen LogP contribution is 2.35. The van der Waals surface area contributed by atoms with Crippen LogP contribution in [0.25, 0.3) is 0 Å². The molecule has 0 radical (unpaired) electrons. The molecule has 0 fully saturated rings. The smallest absolute Gasteiger partial charge is 0.358 e. The van der Waals surface area contributed by atoms with Crippen LogP contribution in [0.1, 0.15) is 86.8 Å². The van der Waals surface area contributed by atoms with Crippen LogP contribution in [0.15, 0.2) is 30.3 Å². The zero-order valence-corrected chi connectivity index (χ0v) is 20.9. The first kappa shape index (κ1) is 25.5.